The van der Waals surface area contributed by atoms with Crippen molar-refractivity contribution in [2.24, 2.45) is 5.92 Å². The lowest BCUT2D eigenvalue weighted by Gasteiger charge is -2.31. The maximum absolute atomic E-state index is 10.8. The summed E-state index contributed by atoms with van der Waals surface area (Å²) in [7, 11) is 0. The van der Waals surface area contributed by atoms with E-state index in [1.54, 1.807) is 0 Å². The lowest BCUT2D eigenvalue weighted by Crippen LogP contribution is -2.41. The Morgan fingerprint density at radius 1 is 1.41 bits per heavy atom. The summed E-state index contributed by atoms with van der Waals surface area (Å²) in [6.07, 6.45) is 0.987. The van der Waals surface area contributed by atoms with E-state index in [0.717, 1.165) is 13.1 Å². The lowest BCUT2D eigenvalue weighted by atomic mass is 9.97. The third-order valence-electron chi connectivity index (χ3n) is 3.03. The average Bonchev–Trinajstić information content (AvgIpc) is 2.27. The second-order valence-electron chi connectivity index (χ2n) is 4.95. The summed E-state index contributed by atoms with van der Waals surface area (Å²) < 4.78 is 5.33. The normalized spacial score (nSPS) is 20.7. The molecule has 5 nitrogen and oxygen atoms in total. The minimum Gasteiger partial charge on any atom is -0.481 e. The van der Waals surface area contributed by atoms with Crippen molar-refractivity contribution in [2.75, 3.05) is 26.2 Å². The van der Waals surface area contributed by atoms with Crippen LogP contribution in [0, 0.1) is 5.92 Å². The molecule has 1 heterocycles. The van der Waals surface area contributed by atoms with Gasteiger partial charge < -0.3 is 19.8 Å². The summed E-state index contributed by atoms with van der Waals surface area (Å²) in [4.78, 5) is 12.9. The van der Waals surface area contributed by atoms with E-state index >= 15 is 0 Å². The molecule has 0 saturated carbocycles. The number of rotatable bonds is 6. The Morgan fingerprint density at radius 3 is 2.47 bits per heavy atom. The zero-order valence-corrected chi connectivity index (χ0v) is 10.6. The average molecular weight is 245 g/mol. The second-order valence-corrected chi connectivity index (χ2v) is 4.95. The molecular weight excluding hydrogens is 222 g/mol. The molecule has 0 spiro atoms. The van der Waals surface area contributed by atoms with Gasteiger partial charge in [-0.25, -0.2) is 0 Å². The van der Waals surface area contributed by atoms with Gasteiger partial charge in [0.1, 0.15) is 0 Å². The van der Waals surface area contributed by atoms with E-state index in [1.807, 2.05) is 13.8 Å². The first-order valence-corrected chi connectivity index (χ1v) is 6.24. The largest absolute Gasteiger partial charge is 0.481 e. The number of carbonyl (C=O) groups is 1. The summed E-state index contributed by atoms with van der Waals surface area (Å²) in [6, 6.07) is 0. The summed E-state index contributed by atoms with van der Waals surface area (Å²) in [5.41, 5.74) is 0. The summed E-state index contributed by atoms with van der Waals surface area (Å²) in [6.45, 7) is 6.27. The van der Waals surface area contributed by atoms with Crippen LogP contribution in [0.15, 0.2) is 0 Å². The molecule has 0 aliphatic carbocycles. The molecular formula is C12H23NO4. The highest BCUT2D eigenvalue weighted by Gasteiger charge is 2.25. The minimum atomic E-state index is -0.701. The van der Waals surface area contributed by atoms with E-state index in [0.29, 0.717) is 26.0 Å². The predicted octanol–water partition coefficient (Wildman–Crippen LogP) is 0.569. The number of β-amino-alcohol motifs (C(OH)–C–C–N with tert-alkyl or cyclic N) is 1. The van der Waals surface area contributed by atoms with Gasteiger partial charge in [0.2, 0.25) is 0 Å². The SMILES string of the molecule is CC(C)OCC(O)CN1CCC(C(=O)O)CC1. The molecule has 0 radical (unpaired) electrons. The molecule has 0 aromatic carbocycles. The Morgan fingerprint density at radius 2 is 2.00 bits per heavy atom. The van der Waals surface area contributed by atoms with Crippen LogP contribution in [0.25, 0.3) is 0 Å². The minimum absolute atomic E-state index is 0.127. The van der Waals surface area contributed by atoms with Gasteiger partial charge in [0.25, 0.3) is 0 Å². The number of nitrogens with zero attached hydrogens (tertiary/aromatic N) is 1. The van der Waals surface area contributed by atoms with Gasteiger partial charge >= 0.3 is 5.97 Å². The smallest absolute Gasteiger partial charge is 0.306 e. The van der Waals surface area contributed by atoms with Crippen LogP contribution < -0.4 is 0 Å². The highest BCUT2D eigenvalue weighted by molar-refractivity contribution is 5.70. The Balaban J connectivity index is 2.19. The van der Waals surface area contributed by atoms with Crippen LogP contribution >= 0.6 is 0 Å². The first kappa shape index (κ1) is 14.4. The van der Waals surface area contributed by atoms with Gasteiger partial charge in [-0.05, 0) is 39.8 Å². The maximum atomic E-state index is 10.8. The highest BCUT2D eigenvalue weighted by atomic mass is 16.5. The second kappa shape index (κ2) is 6.93. The van der Waals surface area contributed by atoms with Crippen molar-refractivity contribution in [1.29, 1.82) is 0 Å². The third-order valence-corrected chi connectivity index (χ3v) is 3.03. The van der Waals surface area contributed by atoms with Crippen LogP contribution in [0.1, 0.15) is 26.7 Å². The van der Waals surface area contributed by atoms with Gasteiger partial charge in [-0.3, -0.25) is 4.79 Å². The van der Waals surface area contributed by atoms with E-state index in [1.165, 1.54) is 0 Å². The van der Waals surface area contributed by atoms with Crippen LogP contribution in [-0.2, 0) is 9.53 Å². The number of aliphatic hydroxyl groups is 1. The Hall–Kier alpha value is -0.650. The van der Waals surface area contributed by atoms with E-state index < -0.39 is 12.1 Å². The molecule has 100 valence electrons. The van der Waals surface area contributed by atoms with Crippen molar-refractivity contribution in [3.63, 3.8) is 0 Å². The zero-order valence-electron chi connectivity index (χ0n) is 10.6. The molecule has 5 heteroatoms. The molecule has 1 rings (SSSR count). The van der Waals surface area contributed by atoms with Crippen molar-refractivity contribution >= 4 is 5.97 Å². The Bertz CT molecular complexity index is 237. The number of ether oxygens (including phenoxy) is 1. The predicted molar refractivity (Wildman–Crippen MR) is 63.9 cm³/mol. The number of aliphatic hydroxyl groups excluding tert-OH is 1. The van der Waals surface area contributed by atoms with Gasteiger partial charge in [0.05, 0.1) is 24.7 Å². The van der Waals surface area contributed by atoms with Gasteiger partial charge in [-0.1, -0.05) is 0 Å². The molecule has 17 heavy (non-hydrogen) atoms. The molecule has 0 amide bonds. The van der Waals surface area contributed by atoms with Gasteiger partial charge in [-0.15, -0.1) is 0 Å². The van der Waals surface area contributed by atoms with E-state index in [2.05, 4.69) is 4.90 Å². The Kier molecular flexibility index (Phi) is 5.88. The maximum Gasteiger partial charge on any atom is 0.306 e. The molecule has 1 aliphatic rings. The fourth-order valence-electron chi connectivity index (χ4n) is 2.02. The summed E-state index contributed by atoms with van der Waals surface area (Å²) in [5.74, 6) is -0.913. The standard InChI is InChI=1S/C12H23NO4/c1-9(2)17-8-11(14)7-13-5-3-10(4-6-13)12(15)16/h9-11,14H,3-8H2,1-2H3,(H,15,16). The van der Waals surface area contributed by atoms with E-state index in [-0.39, 0.29) is 12.0 Å². The first-order valence-electron chi connectivity index (χ1n) is 6.24. The van der Waals surface area contributed by atoms with Crippen molar-refractivity contribution in [2.45, 2.75) is 38.9 Å². The number of carboxylic acid groups (broad SMARTS) is 1. The summed E-state index contributed by atoms with van der Waals surface area (Å²) in [5, 5.41) is 18.6. The van der Waals surface area contributed by atoms with Crippen molar-refractivity contribution in [3.05, 3.63) is 0 Å². The quantitative estimate of drug-likeness (QED) is 0.716. The van der Waals surface area contributed by atoms with E-state index in [4.69, 9.17) is 9.84 Å². The van der Waals surface area contributed by atoms with Gasteiger partial charge in [0.15, 0.2) is 0 Å². The number of hydrogen-bond acceptors (Lipinski definition) is 4. The number of carboxylic acids is 1. The monoisotopic (exact) mass is 245 g/mol. The number of aliphatic carboxylic acids is 1. The molecule has 0 aromatic rings. The zero-order chi connectivity index (χ0) is 12.8. The Labute approximate surface area is 102 Å². The van der Waals surface area contributed by atoms with Crippen molar-refractivity contribution in [1.82, 2.24) is 4.90 Å². The third kappa shape index (κ3) is 5.48. The molecule has 1 saturated heterocycles. The van der Waals surface area contributed by atoms with E-state index in [9.17, 15) is 9.90 Å². The fourth-order valence-corrected chi connectivity index (χ4v) is 2.02. The molecule has 1 atom stereocenters. The first-order chi connectivity index (χ1) is 7.99. The molecule has 1 unspecified atom stereocenters. The van der Waals surface area contributed by atoms with Crippen molar-refractivity contribution < 1.29 is 19.7 Å². The molecule has 1 fully saturated rings. The van der Waals surface area contributed by atoms with Crippen LogP contribution in [0.4, 0.5) is 0 Å². The molecule has 2 N–H and O–H groups in total. The van der Waals surface area contributed by atoms with Crippen LogP contribution in [0.2, 0.25) is 0 Å². The molecule has 0 aromatic heterocycles. The van der Waals surface area contributed by atoms with Crippen LogP contribution in [-0.4, -0.2) is 59.5 Å². The van der Waals surface area contributed by atoms with Crippen molar-refractivity contribution in [3.8, 4) is 0 Å². The number of hydrogen-bond donors (Lipinski definition) is 2. The summed E-state index contributed by atoms with van der Waals surface area (Å²) >= 11 is 0. The number of piperidine rings is 1. The van der Waals surface area contributed by atoms with Gasteiger partial charge in [0, 0.05) is 6.54 Å². The lowest BCUT2D eigenvalue weighted by molar-refractivity contribution is -0.143. The highest BCUT2D eigenvalue weighted by Crippen LogP contribution is 2.17. The van der Waals surface area contributed by atoms with Crippen LogP contribution in [0.3, 0.4) is 0 Å². The van der Waals surface area contributed by atoms with Gasteiger partial charge in [-0.2, -0.15) is 0 Å². The number of likely N-dealkylation sites (tertiary alicyclic amines) is 1. The molecule has 1 aliphatic heterocycles. The van der Waals surface area contributed by atoms with Crippen LogP contribution in [0.5, 0.6) is 0 Å². The molecule has 0 bridgehead atoms. The topological polar surface area (TPSA) is 70.0 Å². The fraction of sp³-hybridized carbons (Fsp3) is 0.917.